The van der Waals surface area contributed by atoms with Crippen LogP contribution in [0.25, 0.3) is 0 Å². The minimum atomic E-state index is 0.798. The first kappa shape index (κ1) is 15.5. The van der Waals surface area contributed by atoms with E-state index in [-0.39, 0.29) is 0 Å². The predicted molar refractivity (Wildman–Crippen MR) is 94.8 cm³/mol. The zero-order valence-corrected chi connectivity index (χ0v) is 14.3. The number of hydrogen-bond donors (Lipinski definition) is 0. The van der Waals surface area contributed by atoms with Crippen molar-refractivity contribution in [2.75, 3.05) is 26.2 Å². The fraction of sp³-hybridized carbons (Fsp3) is 0.353. The number of nitrogens with zero attached hydrogens (tertiary/aromatic N) is 3. The Kier molecular flexibility index (Phi) is 5.13. The van der Waals surface area contributed by atoms with Crippen molar-refractivity contribution in [3.05, 3.63) is 57.2 Å². The molecule has 1 aliphatic heterocycles. The maximum atomic E-state index is 5.93. The van der Waals surface area contributed by atoms with E-state index in [1.54, 1.807) is 11.3 Å². The van der Waals surface area contributed by atoms with Crippen LogP contribution in [0.1, 0.15) is 17.4 Å². The third-order valence-corrected chi connectivity index (χ3v) is 5.07. The van der Waals surface area contributed by atoms with E-state index in [1.165, 1.54) is 10.4 Å². The molecule has 1 saturated heterocycles. The van der Waals surface area contributed by atoms with Gasteiger partial charge >= 0.3 is 0 Å². The third-order valence-electron chi connectivity index (χ3n) is 3.84. The van der Waals surface area contributed by atoms with E-state index in [0.717, 1.165) is 43.5 Å². The summed E-state index contributed by atoms with van der Waals surface area (Å²) in [6, 6.07) is 12.3. The Morgan fingerprint density at radius 3 is 2.50 bits per heavy atom. The molecule has 0 unspecified atom stereocenters. The van der Waals surface area contributed by atoms with E-state index in [9.17, 15) is 0 Å². The fourth-order valence-electron chi connectivity index (χ4n) is 2.59. The molecule has 1 fully saturated rings. The van der Waals surface area contributed by atoms with Gasteiger partial charge in [0.15, 0.2) is 0 Å². The molecule has 0 radical (unpaired) electrons. The Balaban J connectivity index is 1.52. The lowest BCUT2D eigenvalue weighted by molar-refractivity contribution is 0.130. The Bertz CT molecular complexity index is 614. The van der Waals surface area contributed by atoms with E-state index < -0.39 is 0 Å². The maximum absolute atomic E-state index is 5.93. The highest BCUT2D eigenvalue weighted by atomic mass is 35.5. The number of piperazine rings is 1. The van der Waals surface area contributed by atoms with Gasteiger partial charge in [-0.05, 0) is 36.1 Å². The molecule has 3 rings (SSSR count). The molecule has 2 aromatic rings. The smallest absolute Gasteiger partial charge is 0.0746 e. The predicted octanol–water partition coefficient (Wildman–Crippen LogP) is 3.94. The number of halogens is 1. The van der Waals surface area contributed by atoms with Crippen molar-refractivity contribution in [1.29, 1.82) is 0 Å². The molecule has 0 N–H and O–H groups in total. The summed E-state index contributed by atoms with van der Waals surface area (Å²) >= 11 is 7.67. The standard InChI is InChI=1S/C17H20ClN3S/c1-14(17-3-2-12-22-17)19-21-10-8-20(9-11-21)13-15-4-6-16(18)7-5-15/h2-7,12H,8-11,13H2,1H3. The molecule has 0 bridgehead atoms. The molecule has 0 spiro atoms. The van der Waals surface area contributed by atoms with Crippen LogP contribution in [-0.2, 0) is 6.54 Å². The van der Waals surface area contributed by atoms with Crippen molar-refractivity contribution < 1.29 is 0 Å². The summed E-state index contributed by atoms with van der Waals surface area (Å²) in [6.07, 6.45) is 0. The topological polar surface area (TPSA) is 18.8 Å². The van der Waals surface area contributed by atoms with Crippen molar-refractivity contribution in [2.24, 2.45) is 5.10 Å². The molecule has 0 aliphatic carbocycles. The van der Waals surface area contributed by atoms with Crippen molar-refractivity contribution >= 4 is 28.6 Å². The van der Waals surface area contributed by atoms with Gasteiger partial charge in [-0.2, -0.15) is 5.10 Å². The van der Waals surface area contributed by atoms with Crippen LogP contribution < -0.4 is 0 Å². The van der Waals surface area contributed by atoms with Crippen molar-refractivity contribution in [3.8, 4) is 0 Å². The van der Waals surface area contributed by atoms with Gasteiger partial charge in [0.2, 0.25) is 0 Å². The number of hydrazone groups is 1. The van der Waals surface area contributed by atoms with Gasteiger partial charge in [0.05, 0.1) is 5.71 Å². The molecule has 1 aliphatic rings. The van der Waals surface area contributed by atoms with Crippen molar-refractivity contribution in [1.82, 2.24) is 9.91 Å². The van der Waals surface area contributed by atoms with Gasteiger partial charge < -0.3 is 0 Å². The van der Waals surface area contributed by atoms with Crippen LogP contribution >= 0.6 is 22.9 Å². The van der Waals surface area contributed by atoms with E-state index in [1.807, 2.05) is 12.1 Å². The highest BCUT2D eigenvalue weighted by Crippen LogP contribution is 2.14. The maximum Gasteiger partial charge on any atom is 0.0746 e. The van der Waals surface area contributed by atoms with Crippen LogP contribution in [-0.4, -0.2) is 41.8 Å². The van der Waals surface area contributed by atoms with Crippen LogP contribution in [0.15, 0.2) is 46.9 Å². The number of hydrogen-bond acceptors (Lipinski definition) is 4. The average Bonchev–Trinajstić information content (AvgIpc) is 3.06. The fourth-order valence-corrected chi connectivity index (χ4v) is 3.39. The second-order valence-electron chi connectivity index (χ2n) is 5.52. The molecule has 5 heteroatoms. The lowest BCUT2D eigenvalue weighted by Crippen LogP contribution is -2.43. The number of thiophene rings is 1. The Labute approximate surface area is 140 Å². The van der Waals surface area contributed by atoms with Crippen LogP contribution in [0.2, 0.25) is 5.02 Å². The summed E-state index contributed by atoms with van der Waals surface area (Å²) < 4.78 is 0. The average molecular weight is 334 g/mol. The normalized spacial score (nSPS) is 17.0. The summed E-state index contributed by atoms with van der Waals surface area (Å²) in [5, 5.41) is 9.83. The second-order valence-corrected chi connectivity index (χ2v) is 6.90. The van der Waals surface area contributed by atoms with E-state index in [0.29, 0.717) is 0 Å². The van der Waals surface area contributed by atoms with Crippen LogP contribution in [0.4, 0.5) is 0 Å². The van der Waals surface area contributed by atoms with Crippen LogP contribution in [0.5, 0.6) is 0 Å². The molecule has 22 heavy (non-hydrogen) atoms. The van der Waals surface area contributed by atoms with Gasteiger partial charge in [0.1, 0.15) is 0 Å². The molecular formula is C17H20ClN3S. The van der Waals surface area contributed by atoms with Crippen LogP contribution in [0, 0.1) is 0 Å². The Hall–Kier alpha value is -1.36. The van der Waals surface area contributed by atoms with Gasteiger partial charge in [0, 0.05) is 42.6 Å². The molecule has 1 aromatic carbocycles. The molecule has 2 heterocycles. The summed E-state index contributed by atoms with van der Waals surface area (Å²) in [4.78, 5) is 3.72. The lowest BCUT2D eigenvalue weighted by atomic mass is 10.2. The quantitative estimate of drug-likeness (QED) is 0.789. The Morgan fingerprint density at radius 2 is 1.86 bits per heavy atom. The van der Waals surface area contributed by atoms with E-state index in [2.05, 4.69) is 46.5 Å². The molecule has 3 nitrogen and oxygen atoms in total. The third kappa shape index (κ3) is 4.09. The molecule has 116 valence electrons. The van der Waals surface area contributed by atoms with Gasteiger partial charge in [-0.1, -0.05) is 29.8 Å². The summed E-state index contributed by atoms with van der Waals surface area (Å²) in [5.41, 5.74) is 2.43. The first-order valence-corrected chi connectivity index (χ1v) is 8.77. The monoisotopic (exact) mass is 333 g/mol. The van der Waals surface area contributed by atoms with E-state index in [4.69, 9.17) is 16.7 Å². The Morgan fingerprint density at radius 1 is 1.14 bits per heavy atom. The van der Waals surface area contributed by atoms with Crippen molar-refractivity contribution in [2.45, 2.75) is 13.5 Å². The largest absolute Gasteiger partial charge is 0.295 e. The molecule has 1 aromatic heterocycles. The highest BCUT2D eigenvalue weighted by molar-refractivity contribution is 7.12. The van der Waals surface area contributed by atoms with Gasteiger partial charge in [0.25, 0.3) is 0 Å². The first-order valence-electron chi connectivity index (χ1n) is 7.51. The zero-order valence-electron chi connectivity index (χ0n) is 12.7. The summed E-state index contributed by atoms with van der Waals surface area (Å²) in [6.45, 7) is 7.13. The van der Waals surface area contributed by atoms with Crippen LogP contribution in [0.3, 0.4) is 0 Å². The lowest BCUT2D eigenvalue weighted by Gasteiger charge is -2.33. The van der Waals surface area contributed by atoms with Gasteiger partial charge in [-0.25, -0.2) is 0 Å². The van der Waals surface area contributed by atoms with Crippen molar-refractivity contribution in [3.63, 3.8) is 0 Å². The molecule has 0 amide bonds. The van der Waals surface area contributed by atoms with E-state index >= 15 is 0 Å². The molecule has 0 atom stereocenters. The summed E-state index contributed by atoms with van der Waals surface area (Å²) in [5.74, 6) is 0. The summed E-state index contributed by atoms with van der Waals surface area (Å²) in [7, 11) is 0. The minimum Gasteiger partial charge on any atom is -0.295 e. The first-order chi connectivity index (χ1) is 10.7. The number of benzene rings is 1. The second kappa shape index (κ2) is 7.27. The van der Waals surface area contributed by atoms with Gasteiger partial charge in [-0.3, -0.25) is 9.91 Å². The number of rotatable bonds is 4. The highest BCUT2D eigenvalue weighted by Gasteiger charge is 2.16. The SMILES string of the molecule is CC(=NN1CCN(Cc2ccc(Cl)cc2)CC1)c1cccs1. The van der Waals surface area contributed by atoms with Gasteiger partial charge in [-0.15, -0.1) is 11.3 Å². The zero-order chi connectivity index (χ0) is 15.4. The molecule has 0 saturated carbocycles. The minimum absolute atomic E-state index is 0.798. The molecular weight excluding hydrogens is 314 g/mol.